The Bertz CT molecular complexity index is 813. The zero-order chi connectivity index (χ0) is 17.7. The van der Waals surface area contributed by atoms with Gasteiger partial charge in [0.15, 0.2) is 0 Å². The van der Waals surface area contributed by atoms with Gasteiger partial charge in [-0.05, 0) is 5.92 Å². The summed E-state index contributed by atoms with van der Waals surface area (Å²) in [5.74, 6) is 0.390. The smallest absolute Gasteiger partial charge is 0.223 e. The molecule has 0 N–H and O–H groups in total. The normalized spacial score (nSPS) is 34.2. The number of ether oxygens (including phenoxy) is 2. The molecule has 1 saturated heterocycles. The topological polar surface area (TPSA) is 18.5 Å². The molecule has 2 aromatic carbocycles. The Morgan fingerprint density at radius 3 is 1.96 bits per heavy atom. The van der Waals surface area contributed by atoms with E-state index in [-0.39, 0.29) is 12.2 Å². The molecule has 2 nitrogen and oxygen atoms in total. The van der Waals surface area contributed by atoms with Crippen LogP contribution in [0.25, 0.3) is 0 Å². The standard InChI is InChI=1S/C24H24O2/c1-16-20-14-9-15-21(20)17(2)23-22(16)25-24(26-23,18-10-5-3-6-11-18)19-12-7-4-8-13-19/h3-17,20,22-23H,1-2H3/t16-,17-,20?,22?,23?/m1/s1. The molecule has 3 aliphatic rings. The van der Waals surface area contributed by atoms with E-state index in [1.165, 1.54) is 5.57 Å². The molecule has 2 aliphatic carbocycles. The van der Waals surface area contributed by atoms with Gasteiger partial charge in [0.25, 0.3) is 0 Å². The van der Waals surface area contributed by atoms with Crippen LogP contribution in [0, 0.1) is 17.8 Å². The maximum absolute atomic E-state index is 6.83. The Hall–Kier alpha value is -2.16. The van der Waals surface area contributed by atoms with Gasteiger partial charge >= 0.3 is 0 Å². The molecule has 1 saturated carbocycles. The molecule has 26 heavy (non-hydrogen) atoms. The second-order valence-electron chi connectivity index (χ2n) is 7.74. The number of hydrogen-bond donors (Lipinski definition) is 0. The van der Waals surface area contributed by atoms with E-state index in [1.54, 1.807) is 0 Å². The molecule has 3 unspecified atom stereocenters. The lowest BCUT2D eigenvalue weighted by Gasteiger charge is -2.39. The fourth-order valence-corrected chi connectivity index (χ4v) is 4.93. The summed E-state index contributed by atoms with van der Waals surface area (Å²) in [6.45, 7) is 4.58. The highest BCUT2D eigenvalue weighted by molar-refractivity contribution is 5.38. The summed E-state index contributed by atoms with van der Waals surface area (Å²) < 4.78 is 13.7. The van der Waals surface area contributed by atoms with Crippen molar-refractivity contribution in [3.63, 3.8) is 0 Å². The maximum atomic E-state index is 6.83. The molecule has 2 fully saturated rings. The predicted molar refractivity (Wildman–Crippen MR) is 102 cm³/mol. The monoisotopic (exact) mass is 344 g/mol. The highest BCUT2D eigenvalue weighted by atomic mass is 16.8. The number of benzene rings is 2. The molecule has 2 aromatic rings. The molecule has 0 amide bonds. The molecule has 5 atom stereocenters. The van der Waals surface area contributed by atoms with Crippen LogP contribution in [-0.2, 0) is 15.3 Å². The molecule has 1 heterocycles. The molecule has 0 radical (unpaired) electrons. The second-order valence-corrected chi connectivity index (χ2v) is 7.74. The molecule has 1 aliphatic heterocycles. The van der Waals surface area contributed by atoms with E-state index in [1.807, 2.05) is 12.1 Å². The predicted octanol–water partition coefficient (Wildman–Crippen LogP) is 5.07. The third kappa shape index (κ3) is 2.19. The van der Waals surface area contributed by atoms with Gasteiger partial charge in [0, 0.05) is 23.0 Å². The first kappa shape index (κ1) is 16.0. The first-order valence-corrected chi connectivity index (χ1v) is 9.56. The quantitative estimate of drug-likeness (QED) is 0.757. The minimum absolute atomic E-state index is 0.0628. The Morgan fingerprint density at radius 2 is 1.35 bits per heavy atom. The van der Waals surface area contributed by atoms with E-state index in [9.17, 15) is 0 Å². The molecule has 2 heteroatoms. The lowest BCUT2D eigenvalue weighted by atomic mass is 9.70. The Kier molecular flexibility index (Phi) is 3.66. The van der Waals surface area contributed by atoms with E-state index in [0.717, 1.165) is 11.1 Å². The zero-order valence-corrected chi connectivity index (χ0v) is 15.2. The fraction of sp³-hybridized carbons (Fsp3) is 0.333. The van der Waals surface area contributed by atoms with Crippen LogP contribution in [0.2, 0.25) is 0 Å². The van der Waals surface area contributed by atoms with Crippen LogP contribution in [-0.4, -0.2) is 12.2 Å². The van der Waals surface area contributed by atoms with E-state index in [4.69, 9.17) is 9.47 Å². The summed E-state index contributed by atoms with van der Waals surface area (Å²) in [7, 11) is 0. The highest BCUT2D eigenvalue weighted by Crippen LogP contribution is 2.53. The molecule has 0 spiro atoms. The van der Waals surface area contributed by atoms with Gasteiger partial charge in [-0.2, -0.15) is 0 Å². The lowest BCUT2D eigenvalue weighted by molar-refractivity contribution is -0.155. The summed E-state index contributed by atoms with van der Waals surface area (Å²) >= 11 is 0. The molecule has 0 aromatic heterocycles. The van der Waals surface area contributed by atoms with Gasteiger partial charge in [-0.3, -0.25) is 0 Å². The van der Waals surface area contributed by atoms with Gasteiger partial charge in [0.1, 0.15) is 0 Å². The van der Waals surface area contributed by atoms with Gasteiger partial charge in [-0.15, -0.1) is 0 Å². The van der Waals surface area contributed by atoms with Crippen molar-refractivity contribution < 1.29 is 9.47 Å². The van der Waals surface area contributed by atoms with Crippen LogP contribution >= 0.6 is 0 Å². The van der Waals surface area contributed by atoms with Gasteiger partial charge in [-0.1, -0.05) is 98.3 Å². The number of rotatable bonds is 2. The van der Waals surface area contributed by atoms with E-state index in [2.05, 4.69) is 80.6 Å². The largest absolute Gasteiger partial charge is 0.336 e. The van der Waals surface area contributed by atoms with Crippen molar-refractivity contribution in [2.24, 2.45) is 17.8 Å². The van der Waals surface area contributed by atoms with Gasteiger partial charge in [0.2, 0.25) is 5.79 Å². The van der Waals surface area contributed by atoms with Crippen molar-refractivity contribution in [3.05, 3.63) is 95.6 Å². The van der Waals surface area contributed by atoms with Gasteiger partial charge in [-0.25, -0.2) is 0 Å². The summed E-state index contributed by atoms with van der Waals surface area (Å²) in [5.41, 5.74) is 3.61. The van der Waals surface area contributed by atoms with Gasteiger partial charge in [0.05, 0.1) is 12.2 Å². The van der Waals surface area contributed by atoms with Crippen molar-refractivity contribution in [2.45, 2.75) is 31.8 Å². The van der Waals surface area contributed by atoms with E-state index in [0.29, 0.717) is 17.8 Å². The average Bonchev–Trinajstić information content (AvgIpc) is 3.34. The van der Waals surface area contributed by atoms with E-state index < -0.39 is 5.79 Å². The minimum atomic E-state index is -0.830. The first-order chi connectivity index (χ1) is 12.7. The summed E-state index contributed by atoms with van der Waals surface area (Å²) in [4.78, 5) is 0. The Labute approximate surface area is 155 Å². The van der Waals surface area contributed by atoms with E-state index >= 15 is 0 Å². The van der Waals surface area contributed by atoms with Crippen molar-refractivity contribution in [2.75, 3.05) is 0 Å². The lowest BCUT2D eigenvalue weighted by Crippen LogP contribution is -2.44. The number of allylic oxidation sites excluding steroid dienone is 3. The summed E-state index contributed by atoms with van der Waals surface area (Å²) in [6, 6.07) is 20.7. The third-order valence-electron chi connectivity index (χ3n) is 6.33. The molecular formula is C24H24O2. The van der Waals surface area contributed by atoms with Crippen LogP contribution < -0.4 is 0 Å². The van der Waals surface area contributed by atoms with Gasteiger partial charge < -0.3 is 9.47 Å². The number of fused-ring (bicyclic) bond motifs is 2. The van der Waals surface area contributed by atoms with Crippen molar-refractivity contribution >= 4 is 0 Å². The molecular weight excluding hydrogens is 320 g/mol. The molecule has 5 rings (SSSR count). The van der Waals surface area contributed by atoms with Crippen molar-refractivity contribution in [1.29, 1.82) is 0 Å². The summed E-state index contributed by atoms with van der Waals surface area (Å²) in [5, 5.41) is 0. The fourth-order valence-electron chi connectivity index (χ4n) is 4.93. The number of hydrogen-bond acceptors (Lipinski definition) is 2. The first-order valence-electron chi connectivity index (χ1n) is 9.56. The minimum Gasteiger partial charge on any atom is -0.336 e. The summed E-state index contributed by atoms with van der Waals surface area (Å²) in [6.07, 6.45) is 6.93. The SMILES string of the molecule is C[C@@H]1C2C=CC=C2[C@@H](C)C2OC(c3ccccc3)(c3ccccc3)OC21. The van der Waals surface area contributed by atoms with Crippen LogP contribution in [0.4, 0.5) is 0 Å². The molecule has 0 bridgehead atoms. The van der Waals surface area contributed by atoms with Crippen molar-refractivity contribution in [1.82, 2.24) is 0 Å². The van der Waals surface area contributed by atoms with Crippen molar-refractivity contribution in [3.8, 4) is 0 Å². The average molecular weight is 344 g/mol. The van der Waals surface area contributed by atoms with Crippen LogP contribution in [0.1, 0.15) is 25.0 Å². The molecule has 132 valence electrons. The maximum Gasteiger partial charge on any atom is 0.223 e. The van der Waals surface area contributed by atoms with Crippen LogP contribution in [0.5, 0.6) is 0 Å². The van der Waals surface area contributed by atoms with Crippen LogP contribution in [0.15, 0.2) is 84.5 Å². The third-order valence-corrected chi connectivity index (χ3v) is 6.33. The highest BCUT2D eigenvalue weighted by Gasteiger charge is 2.57. The van der Waals surface area contributed by atoms with Crippen LogP contribution in [0.3, 0.4) is 0 Å². The zero-order valence-electron chi connectivity index (χ0n) is 15.2. The Morgan fingerprint density at radius 1 is 0.769 bits per heavy atom. The second kappa shape index (κ2) is 5.94. The Balaban J connectivity index is 1.63.